The molecule has 0 aliphatic carbocycles. The lowest BCUT2D eigenvalue weighted by Gasteiger charge is -2.29. The average molecular weight is 503 g/mol. The number of carbonyl (C=O) groups is 3. The molecule has 0 saturated carbocycles. The predicted octanol–water partition coefficient (Wildman–Crippen LogP) is 2.91. The van der Waals surface area contributed by atoms with Gasteiger partial charge in [-0.1, -0.05) is 36.3 Å². The summed E-state index contributed by atoms with van der Waals surface area (Å²) in [5, 5.41) is 2.53. The number of hydrogen-bond donors (Lipinski definition) is 2. The van der Waals surface area contributed by atoms with E-state index in [1.165, 1.54) is 11.3 Å². The molecule has 3 aromatic rings. The lowest BCUT2D eigenvalue weighted by molar-refractivity contribution is -0.126. The number of methoxy groups -OCH3 is 1. The van der Waals surface area contributed by atoms with Crippen molar-refractivity contribution in [3.63, 3.8) is 0 Å². The van der Waals surface area contributed by atoms with Gasteiger partial charge in [0.15, 0.2) is 0 Å². The van der Waals surface area contributed by atoms with Gasteiger partial charge in [0, 0.05) is 35.9 Å². The van der Waals surface area contributed by atoms with Gasteiger partial charge in [0.05, 0.1) is 18.5 Å². The fourth-order valence-corrected chi connectivity index (χ4v) is 4.81. The lowest BCUT2D eigenvalue weighted by atomic mass is 9.97. The van der Waals surface area contributed by atoms with Crippen molar-refractivity contribution in [1.82, 2.24) is 20.7 Å². The Morgan fingerprint density at radius 1 is 1.08 bits per heavy atom. The van der Waals surface area contributed by atoms with Crippen molar-refractivity contribution in [1.29, 1.82) is 0 Å². The van der Waals surface area contributed by atoms with E-state index in [2.05, 4.69) is 27.7 Å². The standard InChI is InChI=1S/C27H26N4O4S/c1-35-22-9-5-8-20(16-22)17-24(32)29-30-26(34)23-18-36-27(28-23)21-12-14-31(15-13-21)25(33)11-10-19-6-3-2-4-7-19/h2-9,16,18,21H,12-15,17H2,1H3,(H,29,32)(H,30,34). The molecule has 9 heteroatoms. The molecule has 0 spiro atoms. The second-order valence-electron chi connectivity index (χ2n) is 8.28. The van der Waals surface area contributed by atoms with E-state index in [0.29, 0.717) is 18.8 Å². The van der Waals surface area contributed by atoms with E-state index in [9.17, 15) is 14.4 Å². The van der Waals surface area contributed by atoms with Gasteiger partial charge in [0.25, 0.3) is 11.8 Å². The molecule has 0 radical (unpaired) electrons. The predicted molar refractivity (Wildman–Crippen MR) is 136 cm³/mol. The van der Waals surface area contributed by atoms with E-state index in [-0.39, 0.29) is 29.8 Å². The van der Waals surface area contributed by atoms with Crippen molar-refractivity contribution in [2.45, 2.75) is 25.2 Å². The van der Waals surface area contributed by atoms with E-state index in [1.54, 1.807) is 35.6 Å². The number of piperidine rings is 1. The number of nitrogens with one attached hydrogen (secondary N) is 2. The van der Waals surface area contributed by atoms with Crippen LogP contribution in [0.4, 0.5) is 0 Å². The monoisotopic (exact) mass is 502 g/mol. The maximum absolute atomic E-state index is 12.5. The Morgan fingerprint density at radius 3 is 2.61 bits per heavy atom. The van der Waals surface area contributed by atoms with Crippen LogP contribution in [0.2, 0.25) is 0 Å². The molecule has 8 nitrogen and oxygen atoms in total. The first kappa shape index (κ1) is 24.9. The molecule has 2 N–H and O–H groups in total. The average Bonchev–Trinajstić information content (AvgIpc) is 3.42. The van der Waals surface area contributed by atoms with E-state index in [0.717, 1.165) is 29.0 Å². The third-order valence-corrected chi connectivity index (χ3v) is 6.80. The summed E-state index contributed by atoms with van der Waals surface area (Å²) in [6, 6.07) is 16.6. The Kier molecular flexibility index (Phi) is 8.32. The molecule has 1 fully saturated rings. The molecule has 0 atom stereocenters. The van der Waals surface area contributed by atoms with Gasteiger partial charge >= 0.3 is 0 Å². The molecule has 1 aromatic heterocycles. The third kappa shape index (κ3) is 6.71. The summed E-state index contributed by atoms with van der Waals surface area (Å²) in [5.74, 6) is 5.46. The van der Waals surface area contributed by atoms with Crippen molar-refractivity contribution in [2.75, 3.05) is 20.2 Å². The number of amides is 3. The second kappa shape index (κ2) is 12.0. The van der Waals surface area contributed by atoms with Crippen LogP contribution in [0.25, 0.3) is 0 Å². The van der Waals surface area contributed by atoms with Crippen LogP contribution in [0.5, 0.6) is 5.75 Å². The summed E-state index contributed by atoms with van der Waals surface area (Å²) in [7, 11) is 1.56. The normalized spacial score (nSPS) is 13.3. The summed E-state index contributed by atoms with van der Waals surface area (Å²) < 4.78 is 5.16. The largest absolute Gasteiger partial charge is 0.497 e. The highest BCUT2D eigenvalue weighted by Crippen LogP contribution is 2.30. The number of likely N-dealkylation sites (tertiary alicyclic amines) is 1. The van der Waals surface area contributed by atoms with Gasteiger partial charge < -0.3 is 9.64 Å². The number of carbonyl (C=O) groups excluding carboxylic acids is 3. The molecule has 184 valence electrons. The van der Waals surface area contributed by atoms with Crippen LogP contribution in [0.3, 0.4) is 0 Å². The highest BCUT2D eigenvalue weighted by Gasteiger charge is 2.26. The molecule has 4 rings (SSSR count). The first-order chi connectivity index (χ1) is 17.5. The summed E-state index contributed by atoms with van der Waals surface area (Å²) >= 11 is 1.41. The number of ether oxygens (including phenoxy) is 1. The molecule has 0 bridgehead atoms. The first-order valence-electron chi connectivity index (χ1n) is 11.6. The van der Waals surface area contributed by atoms with Gasteiger partial charge in [-0.2, -0.15) is 0 Å². The minimum absolute atomic E-state index is 0.104. The van der Waals surface area contributed by atoms with Gasteiger partial charge in [0.2, 0.25) is 5.91 Å². The quantitative estimate of drug-likeness (QED) is 0.413. The van der Waals surface area contributed by atoms with Crippen molar-refractivity contribution < 1.29 is 19.1 Å². The van der Waals surface area contributed by atoms with Gasteiger partial charge in [-0.15, -0.1) is 11.3 Å². The van der Waals surface area contributed by atoms with Gasteiger partial charge in [-0.05, 0) is 42.7 Å². The zero-order chi connectivity index (χ0) is 25.3. The maximum Gasteiger partial charge on any atom is 0.298 e. The number of hydrazine groups is 1. The molecule has 36 heavy (non-hydrogen) atoms. The van der Waals surface area contributed by atoms with Crippen LogP contribution in [0.15, 0.2) is 60.0 Å². The molecule has 1 aliphatic rings. The molecule has 1 aliphatic heterocycles. The molecule has 0 unspecified atom stereocenters. The molecule has 2 aromatic carbocycles. The Hall–Kier alpha value is -4.16. The Bertz CT molecular complexity index is 1290. The number of benzene rings is 2. The number of rotatable bonds is 5. The number of thiazole rings is 1. The smallest absolute Gasteiger partial charge is 0.298 e. The fraction of sp³-hybridized carbons (Fsp3) is 0.259. The van der Waals surface area contributed by atoms with Gasteiger partial charge in [0.1, 0.15) is 11.4 Å². The summed E-state index contributed by atoms with van der Waals surface area (Å²) in [5.41, 5.74) is 6.68. The number of aromatic nitrogens is 1. The van der Waals surface area contributed by atoms with Crippen LogP contribution in [-0.2, 0) is 16.0 Å². The topological polar surface area (TPSA) is 101 Å². The van der Waals surface area contributed by atoms with Crippen LogP contribution < -0.4 is 15.6 Å². The molecule has 3 amide bonds. The van der Waals surface area contributed by atoms with Gasteiger partial charge in [-0.25, -0.2) is 4.98 Å². The van der Waals surface area contributed by atoms with E-state index in [1.807, 2.05) is 36.4 Å². The molecular weight excluding hydrogens is 476 g/mol. The summed E-state index contributed by atoms with van der Waals surface area (Å²) in [6.07, 6.45) is 1.61. The van der Waals surface area contributed by atoms with E-state index in [4.69, 9.17) is 4.74 Å². The molecule has 2 heterocycles. The fourth-order valence-electron chi connectivity index (χ4n) is 3.84. The molecular formula is C27H26N4O4S. The van der Waals surface area contributed by atoms with Crippen molar-refractivity contribution in [2.24, 2.45) is 0 Å². The zero-order valence-corrected chi connectivity index (χ0v) is 20.6. The maximum atomic E-state index is 12.5. The Balaban J connectivity index is 1.24. The lowest BCUT2D eigenvalue weighted by Crippen LogP contribution is -2.42. The van der Waals surface area contributed by atoms with Crippen LogP contribution >= 0.6 is 11.3 Å². The minimum atomic E-state index is -0.472. The SMILES string of the molecule is COc1cccc(CC(=O)NNC(=O)c2csc(C3CCN(C(=O)C#Cc4ccccc4)CC3)n2)c1. The Labute approximate surface area is 213 Å². The summed E-state index contributed by atoms with van der Waals surface area (Å²) in [6.45, 7) is 1.18. The van der Waals surface area contributed by atoms with E-state index < -0.39 is 5.91 Å². The number of nitrogens with zero attached hydrogens (tertiary/aromatic N) is 2. The van der Waals surface area contributed by atoms with Crippen molar-refractivity contribution in [3.05, 3.63) is 81.8 Å². The zero-order valence-electron chi connectivity index (χ0n) is 19.8. The van der Waals surface area contributed by atoms with Gasteiger partial charge in [-0.3, -0.25) is 25.2 Å². The Morgan fingerprint density at radius 2 is 1.86 bits per heavy atom. The molecule has 1 saturated heterocycles. The highest BCUT2D eigenvalue weighted by atomic mass is 32.1. The minimum Gasteiger partial charge on any atom is -0.497 e. The summed E-state index contributed by atoms with van der Waals surface area (Å²) in [4.78, 5) is 43.3. The third-order valence-electron chi connectivity index (χ3n) is 5.79. The second-order valence-corrected chi connectivity index (χ2v) is 9.17. The van der Waals surface area contributed by atoms with Crippen LogP contribution in [0, 0.1) is 11.8 Å². The van der Waals surface area contributed by atoms with Crippen molar-refractivity contribution in [3.8, 4) is 17.6 Å². The number of hydrogen-bond acceptors (Lipinski definition) is 6. The van der Waals surface area contributed by atoms with Crippen LogP contribution in [0.1, 0.15) is 45.4 Å². The van der Waals surface area contributed by atoms with Crippen LogP contribution in [-0.4, -0.2) is 47.8 Å². The first-order valence-corrected chi connectivity index (χ1v) is 12.4. The van der Waals surface area contributed by atoms with E-state index >= 15 is 0 Å². The highest BCUT2D eigenvalue weighted by molar-refractivity contribution is 7.09. The van der Waals surface area contributed by atoms with Crippen molar-refractivity contribution >= 4 is 29.1 Å².